The highest BCUT2D eigenvalue weighted by Crippen LogP contribution is 2.34. The second-order valence-electron chi connectivity index (χ2n) is 7.48. The lowest BCUT2D eigenvalue weighted by Gasteiger charge is -2.11. The van der Waals surface area contributed by atoms with Crippen molar-refractivity contribution in [3.63, 3.8) is 0 Å². The number of carbonyl (C=O) groups excluding carboxylic acids is 2. The average Bonchev–Trinajstić information content (AvgIpc) is 3.29. The van der Waals surface area contributed by atoms with Gasteiger partial charge in [0.1, 0.15) is 6.61 Å². The number of carbonyl (C=O) groups is 2. The first kappa shape index (κ1) is 22.0. The number of fused-ring (bicyclic) bond motifs is 1. The highest BCUT2D eigenvalue weighted by Gasteiger charge is 2.34. The molecule has 7 heteroatoms. The van der Waals surface area contributed by atoms with Gasteiger partial charge in [0.2, 0.25) is 0 Å². The summed E-state index contributed by atoms with van der Waals surface area (Å²) in [7, 11) is 1.62. The Kier molecular flexibility index (Phi) is 6.85. The maximum absolute atomic E-state index is 12.7. The van der Waals surface area contributed by atoms with E-state index in [1.165, 1.54) is 4.90 Å². The van der Waals surface area contributed by atoms with Crippen molar-refractivity contribution in [2.24, 2.45) is 0 Å². The maximum Gasteiger partial charge on any atom is 0.293 e. The molecule has 0 bridgehead atoms. The Hall–Kier alpha value is -3.19. The van der Waals surface area contributed by atoms with Crippen molar-refractivity contribution < 1.29 is 19.1 Å². The zero-order chi connectivity index (χ0) is 22.5. The van der Waals surface area contributed by atoms with Crippen molar-refractivity contribution in [1.29, 1.82) is 0 Å². The molecule has 0 unspecified atom stereocenters. The van der Waals surface area contributed by atoms with Crippen LogP contribution in [-0.4, -0.2) is 40.9 Å². The fourth-order valence-corrected chi connectivity index (χ4v) is 4.57. The van der Waals surface area contributed by atoms with E-state index >= 15 is 0 Å². The average molecular weight is 451 g/mol. The Bertz CT molecular complexity index is 1170. The normalized spacial score (nSPS) is 15.2. The van der Waals surface area contributed by atoms with Crippen LogP contribution < -0.4 is 9.47 Å². The topological polar surface area (TPSA) is 60.8 Å². The van der Waals surface area contributed by atoms with E-state index in [0.717, 1.165) is 41.1 Å². The van der Waals surface area contributed by atoms with Gasteiger partial charge in [0.25, 0.3) is 11.1 Å². The molecule has 6 nitrogen and oxygen atoms in total. The number of amides is 2. The molecule has 0 N–H and O–H groups in total. The molecule has 1 aromatic heterocycles. The van der Waals surface area contributed by atoms with E-state index in [-0.39, 0.29) is 11.1 Å². The minimum atomic E-state index is -0.204. The van der Waals surface area contributed by atoms with Gasteiger partial charge in [-0.25, -0.2) is 0 Å². The fourth-order valence-electron chi connectivity index (χ4n) is 3.72. The molecule has 1 aliphatic heterocycles. The van der Waals surface area contributed by atoms with E-state index in [2.05, 4.69) is 4.57 Å². The van der Waals surface area contributed by atoms with Crippen LogP contribution in [0.5, 0.6) is 11.5 Å². The number of benzene rings is 2. The predicted octanol–water partition coefficient (Wildman–Crippen LogP) is 5.57. The van der Waals surface area contributed by atoms with Crippen molar-refractivity contribution >= 4 is 39.9 Å². The molecule has 2 amide bonds. The van der Waals surface area contributed by atoms with Crippen LogP contribution in [0.4, 0.5) is 4.79 Å². The second-order valence-corrected chi connectivity index (χ2v) is 8.47. The smallest absolute Gasteiger partial charge is 0.293 e. The van der Waals surface area contributed by atoms with Gasteiger partial charge in [0, 0.05) is 29.2 Å². The lowest BCUT2D eigenvalue weighted by atomic mass is 10.1. The third-order valence-corrected chi connectivity index (χ3v) is 6.28. The summed E-state index contributed by atoms with van der Waals surface area (Å²) in [5.74, 6) is 1.20. The molecule has 0 radical (unpaired) electrons. The molecule has 0 spiro atoms. The Labute approximate surface area is 191 Å². The molecule has 166 valence electrons. The Morgan fingerprint density at radius 1 is 1.00 bits per heavy atom. The summed E-state index contributed by atoms with van der Waals surface area (Å²) < 4.78 is 13.4. The van der Waals surface area contributed by atoms with Gasteiger partial charge in [-0.3, -0.25) is 14.5 Å². The van der Waals surface area contributed by atoms with Crippen LogP contribution in [0.2, 0.25) is 0 Å². The van der Waals surface area contributed by atoms with E-state index in [9.17, 15) is 9.59 Å². The van der Waals surface area contributed by atoms with Gasteiger partial charge < -0.3 is 14.0 Å². The SMILES string of the molecule is CCCCN1C(=O)S/C(=C\c2cn(CCOc3ccccc3OC)c3ccccc23)C1=O. The van der Waals surface area contributed by atoms with Crippen LogP contribution in [-0.2, 0) is 11.3 Å². The third-order valence-electron chi connectivity index (χ3n) is 5.37. The quantitative estimate of drug-likeness (QED) is 0.399. The van der Waals surface area contributed by atoms with E-state index in [4.69, 9.17) is 9.47 Å². The molecule has 1 fully saturated rings. The van der Waals surface area contributed by atoms with E-state index in [0.29, 0.717) is 36.1 Å². The van der Waals surface area contributed by atoms with Crippen LogP contribution in [0.15, 0.2) is 59.6 Å². The molecule has 1 saturated heterocycles. The molecule has 2 heterocycles. The molecule has 32 heavy (non-hydrogen) atoms. The monoisotopic (exact) mass is 450 g/mol. The summed E-state index contributed by atoms with van der Waals surface area (Å²) in [5, 5.41) is 0.841. The predicted molar refractivity (Wildman–Crippen MR) is 128 cm³/mol. The molecule has 2 aromatic carbocycles. The number of imide groups is 1. The lowest BCUT2D eigenvalue weighted by Crippen LogP contribution is -2.29. The first-order chi connectivity index (χ1) is 15.6. The minimum absolute atomic E-state index is 0.191. The van der Waals surface area contributed by atoms with Crippen molar-refractivity contribution in [3.05, 3.63) is 65.2 Å². The number of methoxy groups -OCH3 is 1. The van der Waals surface area contributed by atoms with Crippen molar-refractivity contribution in [2.45, 2.75) is 26.3 Å². The van der Waals surface area contributed by atoms with E-state index in [1.54, 1.807) is 7.11 Å². The van der Waals surface area contributed by atoms with Gasteiger partial charge in [-0.2, -0.15) is 0 Å². The van der Waals surface area contributed by atoms with Crippen molar-refractivity contribution in [2.75, 3.05) is 20.3 Å². The number of nitrogens with zero attached hydrogens (tertiary/aromatic N) is 2. The minimum Gasteiger partial charge on any atom is -0.493 e. The van der Waals surface area contributed by atoms with Crippen LogP contribution in [0.25, 0.3) is 17.0 Å². The fraction of sp³-hybridized carbons (Fsp3) is 0.280. The molecule has 0 aliphatic carbocycles. The van der Waals surface area contributed by atoms with Gasteiger partial charge in [0.05, 0.1) is 18.6 Å². The summed E-state index contributed by atoms with van der Waals surface area (Å²) in [6.45, 7) is 3.61. The molecule has 0 atom stereocenters. The van der Waals surface area contributed by atoms with Crippen LogP contribution in [0.3, 0.4) is 0 Å². The first-order valence-corrected chi connectivity index (χ1v) is 11.5. The number of unbranched alkanes of at least 4 members (excludes halogenated alkanes) is 1. The number of hydrogen-bond acceptors (Lipinski definition) is 5. The number of hydrogen-bond donors (Lipinski definition) is 0. The van der Waals surface area contributed by atoms with Gasteiger partial charge in [-0.15, -0.1) is 0 Å². The number of rotatable bonds is 9. The second kappa shape index (κ2) is 9.96. The molecule has 0 saturated carbocycles. The van der Waals surface area contributed by atoms with Crippen LogP contribution in [0, 0.1) is 0 Å². The molecular weight excluding hydrogens is 424 g/mol. The summed E-state index contributed by atoms with van der Waals surface area (Å²) >= 11 is 1.01. The van der Waals surface area contributed by atoms with Gasteiger partial charge >= 0.3 is 0 Å². The number of aromatic nitrogens is 1. The highest BCUT2D eigenvalue weighted by molar-refractivity contribution is 8.18. The molecule has 1 aliphatic rings. The summed E-state index contributed by atoms with van der Waals surface area (Å²) in [5.41, 5.74) is 1.96. The third kappa shape index (κ3) is 4.53. The molecular formula is C25H26N2O4S. The molecule has 4 rings (SSSR count). The van der Waals surface area contributed by atoms with Crippen LogP contribution in [0.1, 0.15) is 25.3 Å². The van der Waals surface area contributed by atoms with Crippen molar-refractivity contribution in [1.82, 2.24) is 9.47 Å². The number of para-hydroxylation sites is 3. The van der Waals surface area contributed by atoms with Crippen LogP contribution >= 0.6 is 11.8 Å². The Morgan fingerprint density at radius 2 is 1.75 bits per heavy atom. The number of ether oxygens (including phenoxy) is 2. The van der Waals surface area contributed by atoms with E-state index in [1.807, 2.05) is 67.7 Å². The molecule has 3 aromatic rings. The van der Waals surface area contributed by atoms with Gasteiger partial charge in [0.15, 0.2) is 11.5 Å². The standard InChI is InChI=1S/C25H26N2O4S/c1-3-4-13-27-24(28)23(32-25(27)29)16-18-17-26(20-10-6-5-9-19(18)20)14-15-31-22-12-8-7-11-21(22)30-2/h5-12,16-17H,3-4,13-15H2,1-2H3/b23-16-. The Balaban J connectivity index is 1.55. The Morgan fingerprint density at radius 3 is 2.53 bits per heavy atom. The van der Waals surface area contributed by atoms with E-state index < -0.39 is 0 Å². The number of thioether (sulfide) groups is 1. The first-order valence-electron chi connectivity index (χ1n) is 10.7. The zero-order valence-electron chi connectivity index (χ0n) is 18.2. The summed E-state index contributed by atoms with van der Waals surface area (Å²) in [6.07, 6.45) is 5.59. The zero-order valence-corrected chi connectivity index (χ0v) is 19.1. The highest BCUT2D eigenvalue weighted by atomic mass is 32.2. The van der Waals surface area contributed by atoms with Crippen molar-refractivity contribution in [3.8, 4) is 11.5 Å². The lowest BCUT2D eigenvalue weighted by molar-refractivity contribution is -0.122. The maximum atomic E-state index is 12.7. The van der Waals surface area contributed by atoms with Gasteiger partial charge in [-0.1, -0.05) is 43.7 Å². The largest absolute Gasteiger partial charge is 0.493 e. The summed E-state index contributed by atoms with van der Waals surface area (Å²) in [6, 6.07) is 15.6. The van der Waals surface area contributed by atoms with Gasteiger partial charge in [-0.05, 0) is 42.5 Å². The summed E-state index contributed by atoms with van der Waals surface area (Å²) in [4.78, 5) is 26.8.